The fourth-order valence-corrected chi connectivity index (χ4v) is 8.27. The molecule has 0 radical (unpaired) electrons. The zero-order valence-corrected chi connectivity index (χ0v) is 26.5. The van der Waals surface area contributed by atoms with Crippen LogP contribution in [0.4, 0.5) is 0 Å². The Morgan fingerprint density at radius 3 is 1.65 bits per heavy atom. The maximum atomic E-state index is 6.53. The van der Waals surface area contributed by atoms with Crippen molar-refractivity contribution in [2.45, 2.75) is 0 Å². The smallest absolute Gasteiger partial charge is 0.143 e. The van der Waals surface area contributed by atoms with E-state index in [1.807, 2.05) is 6.07 Å². The molecule has 0 N–H and O–H groups in total. The molecule has 0 fully saturated rings. The van der Waals surface area contributed by atoms with Gasteiger partial charge in [0.05, 0.1) is 27.8 Å². The Hall–Kier alpha value is -6.58. The summed E-state index contributed by atoms with van der Waals surface area (Å²) in [6.07, 6.45) is 0. The van der Waals surface area contributed by atoms with Gasteiger partial charge in [-0.3, -0.25) is 0 Å². The van der Waals surface area contributed by atoms with Crippen molar-refractivity contribution in [3.05, 3.63) is 170 Å². The third-order valence-corrected chi connectivity index (χ3v) is 10.3. The number of hydrogen-bond acceptors (Lipinski definition) is 1. The lowest BCUT2D eigenvalue weighted by atomic mass is 9.95. The Morgan fingerprint density at radius 2 is 0.898 bits per heavy atom. The second-order valence-corrected chi connectivity index (χ2v) is 12.9. The Labute approximate surface area is 281 Å². The van der Waals surface area contributed by atoms with Crippen LogP contribution in [-0.4, -0.2) is 9.13 Å². The van der Waals surface area contributed by atoms with Crippen LogP contribution in [0.1, 0.15) is 0 Å². The van der Waals surface area contributed by atoms with Gasteiger partial charge in [-0.2, -0.15) is 0 Å². The Morgan fingerprint density at radius 1 is 0.327 bits per heavy atom. The molecule has 3 heterocycles. The summed E-state index contributed by atoms with van der Waals surface area (Å²) >= 11 is 0. The summed E-state index contributed by atoms with van der Waals surface area (Å²) in [5.41, 5.74) is 11.2. The third-order valence-electron chi connectivity index (χ3n) is 10.3. The maximum absolute atomic E-state index is 6.53. The SMILES string of the molecule is c1ccc(-n2c3ccccc3c3ccc4c5ccccc5n(-c5ccc(-c6cccc7c6oc6ccccc67)c6ccccc56)c4c32)cc1. The predicted molar refractivity (Wildman–Crippen MR) is 205 cm³/mol. The summed E-state index contributed by atoms with van der Waals surface area (Å²) in [6, 6.07) is 61.2. The number of rotatable bonds is 3. The highest BCUT2D eigenvalue weighted by Gasteiger charge is 2.23. The van der Waals surface area contributed by atoms with E-state index in [1.165, 1.54) is 54.4 Å². The van der Waals surface area contributed by atoms with E-state index in [0.717, 1.165) is 44.4 Å². The van der Waals surface area contributed by atoms with Crippen molar-refractivity contribution in [3.8, 4) is 22.5 Å². The molecule has 0 aliphatic carbocycles. The largest absolute Gasteiger partial charge is 0.455 e. The lowest BCUT2D eigenvalue weighted by Crippen LogP contribution is -1.99. The van der Waals surface area contributed by atoms with Crippen molar-refractivity contribution in [1.29, 1.82) is 0 Å². The zero-order chi connectivity index (χ0) is 32.1. The highest BCUT2D eigenvalue weighted by Crippen LogP contribution is 2.44. The molecule has 0 saturated heterocycles. The first-order chi connectivity index (χ1) is 24.3. The van der Waals surface area contributed by atoms with E-state index in [0.29, 0.717) is 0 Å². The van der Waals surface area contributed by atoms with Crippen molar-refractivity contribution in [3.63, 3.8) is 0 Å². The number of aromatic nitrogens is 2. The Kier molecular flexibility index (Phi) is 5.38. The summed E-state index contributed by atoms with van der Waals surface area (Å²) in [4.78, 5) is 0. The van der Waals surface area contributed by atoms with Crippen LogP contribution in [0.15, 0.2) is 174 Å². The van der Waals surface area contributed by atoms with E-state index in [-0.39, 0.29) is 0 Å². The molecular weight excluding hydrogens is 597 g/mol. The Bertz CT molecular complexity index is 3100. The molecule has 8 aromatic carbocycles. The first-order valence-electron chi connectivity index (χ1n) is 16.8. The summed E-state index contributed by atoms with van der Waals surface area (Å²) in [5.74, 6) is 0. The summed E-state index contributed by atoms with van der Waals surface area (Å²) in [6.45, 7) is 0. The van der Waals surface area contributed by atoms with Gasteiger partial charge in [0.2, 0.25) is 0 Å². The molecule has 3 heteroatoms. The van der Waals surface area contributed by atoms with E-state index in [2.05, 4.69) is 173 Å². The molecule has 0 saturated carbocycles. The fraction of sp³-hybridized carbons (Fsp3) is 0. The minimum absolute atomic E-state index is 0.911. The van der Waals surface area contributed by atoms with Gasteiger partial charge in [-0.15, -0.1) is 0 Å². The van der Waals surface area contributed by atoms with Crippen molar-refractivity contribution >= 4 is 76.3 Å². The van der Waals surface area contributed by atoms with E-state index in [1.54, 1.807) is 0 Å². The van der Waals surface area contributed by atoms with Crippen molar-refractivity contribution < 1.29 is 4.42 Å². The van der Waals surface area contributed by atoms with Gasteiger partial charge in [0.1, 0.15) is 11.2 Å². The summed E-state index contributed by atoms with van der Waals surface area (Å²) < 4.78 is 11.5. The lowest BCUT2D eigenvalue weighted by molar-refractivity contribution is 0.670. The van der Waals surface area contributed by atoms with Crippen LogP contribution in [0.5, 0.6) is 0 Å². The van der Waals surface area contributed by atoms with Crippen molar-refractivity contribution in [1.82, 2.24) is 9.13 Å². The van der Waals surface area contributed by atoms with Gasteiger partial charge in [0, 0.05) is 49.0 Å². The molecule has 3 nitrogen and oxygen atoms in total. The third kappa shape index (κ3) is 3.62. The van der Waals surface area contributed by atoms with Gasteiger partial charge >= 0.3 is 0 Å². The molecule has 11 aromatic rings. The predicted octanol–water partition coefficient (Wildman–Crippen LogP) is 12.6. The quantitative estimate of drug-likeness (QED) is 0.192. The molecule has 0 unspecified atom stereocenters. The van der Waals surface area contributed by atoms with E-state index in [4.69, 9.17) is 4.42 Å². The molecule has 0 bridgehead atoms. The van der Waals surface area contributed by atoms with Gasteiger partial charge in [-0.05, 0) is 47.3 Å². The van der Waals surface area contributed by atoms with Gasteiger partial charge in [-0.25, -0.2) is 0 Å². The minimum Gasteiger partial charge on any atom is -0.455 e. The molecular formula is C46H28N2O. The average Bonchev–Trinajstić information content (AvgIpc) is 3.83. The van der Waals surface area contributed by atoms with Crippen molar-refractivity contribution in [2.24, 2.45) is 0 Å². The number of fused-ring (bicyclic) bond motifs is 11. The topological polar surface area (TPSA) is 23.0 Å². The van der Waals surface area contributed by atoms with E-state index >= 15 is 0 Å². The molecule has 0 aliphatic rings. The minimum atomic E-state index is 0.911. The van der Waals surface area contributed by atoms with Gasteiger partial charge in [-0.1, -0.05) is 133 Å². The summed E-state index contributed by atoms with van der Waals surface area (Å²) in [5, 5.41) is 9.63. The molecule has 0 aliphatic heterocycles. The molecule has 3 aromatic heterocycles. The number of benzene rings is 8. The van der Waals surface area contributed by atoms with E-state index < -0.39 is 0 Å². The van der Waals surface area contributed by atoms with Crippen LogP contribution in [0, 0.1) is 0 Å². The summed E-state index contributed by atoms with van der Waals surface area (Å²) in [7, 11) is 0. The molecule has 0 atom stereocenters. The second kappa shape index (κ2) is 9.96. The van der Waals surface area contributed by atoms with Crippen LogP contribution in [-0.2, 0) is 0 Å². The monoisotopic (exact) mass is 624 g/mol. The van der Waals surface area contributed by atoms with Crippen LogP contribution in [0.3, 0.4) is 0 Å². The lowest BCUT2D eigenvalue weighted by Gasteiger charge is -2.16. The normalized spacial score (nSPS) is 12.1. The van der Waals surface area contributed by atoms with Gasteiger partial charge in [0.15, 0.2) is 0 Å². The molecule has 0 amide bonds. The van der Waals surface area contributed by atoms with Crippen molar-refractivity contribution in [2.75, 3.05) is 0 Å². The average molecular weight is 625 g/mol. The number of furan rings is 1. The highest BCUT2D eigenvalue weighted by molar-refractivity contribution is 6.24. The maximum Gasteiger partial charge on any atom is 0.143 e. The standard InChI is InChI=1S/C46H28N2O/c1-2-13-29(14-3-1)47-40-22-9-6-17-33(40)36-25-26-37-34-18-7-10-23-41(34)48(45(37)44(36)47)42-28-27-31(30-15-4-5-16-32(30)42)38-20-12-21-39-35-19-8-11-24-43(35)49-46(38)39/h1-28H. The molecule has 0 spiro atoms. The second-order valence-electron chi connectivity index (χ2n) is 12.9. The molecule has 49 heavy (non-hydrogen) atoms. The number of nitrogens with zero attached hydrogens (tertiary/aromatic N) is 2. The van der Waals surface area contributed by atoms with Crippen LogP contribution < -0.4 is 0 Å². The molecule has 228 valence electrons. The van der Waals surface area contributed by atoms with Crippen LogP contribution >= 0.6 is 0 Å². The zero-order valence-electron chi connectivity index (χ0n) is 26.5. The number of hydrogen-bond donors (Lipinski definition) is 0. The number of para-hydroxylation sites is 5. The van der Waals surface area contributed by atoms with Gasteiger partial charge < -0.3 is 13.6 Å². The highest BCUT2D eigenvalue weighted by atomic mass is 16.3. The first-order valence-corrected chi connectivity index (χ1v) is 16.8. The Balaban J connectivity index is 1.29. The van der Waals surface area contributed by atoms with E-state index in [9.17, 15) is 0 Å². The van der Waals surface area contributed by atoms with Crippen LogP contribution in [0.25, 0.3) is 98.8 Å². The van der Waals surface area contributed by atoms with Gasteiger partial charge in [0.25, 0.3) is 0 Å². The van der Waals surface area contributed by atoms with Crippen LogP contribution in [0.2, 0.25) is 0 Å². The molecule has 11 rings (SSSR count). The fourth-order valence-electron chi connectivity index (χ4n) is 8.27. The first kappa shape index (κ1) is 26.5.